The van der Waals surface area contributed by atoms with Crippen molar-refractivity contribution in [1.82, 2.24) is 5.32 Å². The minimum Gasteiger partial charge on any atom is -0.310 e. The number of halogens is 1. The Kier molecular flexibility index (Phi) is 3.86. The Balaban J connectivity index is 1.55. The van der Waals surface area contributed by atoms with Crippen molar-refractivity contribution in [3.05, 3.63) is 34.3 Å². The van der Waals surface area contributed by atoms with Gasteiger partial charge in [0, 0.05) is 17.6 Å². The monoisotopic (exact) mass is 277 g/mol. The predicted molar refractivity (Wildman–Crippen MR) is 81.4 cm³/mol. The SMILES string of the molecule is Cc1ccc(CNC(C)C2CC3CCC2C3)cc1Cl. The molecule has 1 nitrogen and oxygen atoms in total. The molecule has 0 aliphatic heterocycles. The summed E-state index contributed by atoms with van der Waals surface area (Å²) in [5.41, 5.74) is 2.46. The van der Waals surface area contributed by atoms with Crippen molar-refractivity contribution < 1.29 is 0 Å². The predicted octanol–water partition coefficient (Wildman–Crippen LogP) is 4.56. The zero-order valence-electron chi connectivity index (χ0n) is 12.0. The molecule has 0 radical (unpaired) electrons. The average Bonchev–Trinajstić information content (AvgIpc) is 3.02. The molecular formula is C17H24ClN. The summed E-state index contributed by atoms with van der Waals surface area (Å²) < 4.78 is 0. The molecule has 2 bridgehead atoms. The molecule has 0 saturated heterocycles. The molecule has 104 valence electrons. The lowest BCUT2D eigenvalue weighted by atomic mass is 9.84. The van der Waals surface area contributed by atoms with E-state index in [-0.39, 0.29) is 0 Å². The topological polar surface area (TPSA) is 12.0 Å². The summed E-state index contributed by atoms with van der Waals surface area (Å²) in [4.78, 5) is 0. The van der Waals surface area contributed by atoms with E-state index in [1.54, 1.807) is 0 Å². The maximum atomic E-state index is 6.18. The molecule has 4 unspecified atom stereocenters. The minimum atomic E-state index is 0.635. The van der Waals surface area contributed by atoms with Gasteiger partial charge in [0.15, 0.2) is 0 Å². The first-order valence-corrected chi connectivity index (χ1v) is 7.99. The lowest BCUT2D eigenvalue weighted by molar-refractivity contribution is 0.259. The van der Waals surface area contributed by atoms with Crippen LogP contribution in [0.1, 0.15) is 43.7 Å². The fourth-order valence-electron chi connectivity index (χ4n) is 4.08. The lowest BCUT2D eigenvalue weighted by Gasteiger charge is -2.28. The van der Waals surface area contributed by atoms with Gasteiger partial charge in [-0.3, -0.25) is 0 Å². The van der Waals surface area contributed by atoms with E-state index in [0.717, 1.165) is 34.9 Å². The number of fused-ring (bicyclic) bond motifs is 2. The van der Waals surface area contributed by atoms with Crippen LogP contribution >= 0.6 is 11.6 Å². The van der Waals surface area contributed by atoms with E-state index in [1.165, 1.54) is 31.2 Å². The normalized spacial score (nSPS) is 30.8. The second-order valence-corrected chi connectivity index (χ2v) is 7.00. The van der Waals surface area contributed by atoms with Crippen molar-refractivity contribution in [2.45, 2.75) is 52.1 Å². The number of hydrogen-bond acceptors (Lipinski definition) is 1. The molecule has 1 N–H and O–H groups in total. The second-order valence-electron chi connectivity index (χ2n) is 6.59. The number of benzene rings is 1. The standard InChI is InChI=1S/C17H24ClN/c1-11-3-4-14(9-17(11)18)10-19-12(2)16-8-13-5-6-15(16)7-13/h3-4,9,12-13,15-16,19H,5-8,10H2,1-2H3. The first-order chi connectivity index (χ1) is 9.13. The van der Waals surface area contributed by atoms with Crippen LogP contribution in [0.5, 0.6) is 0 Å². The van der Waals surface area contributed by atoms with Gasteiger partial charge in [-0.05, 0) is 68.1 Å². The summed E-state index contributed by atoms with van der Waals surface area (Å²) in [6, 6.07) is 7.02. The zero-order valence-corrected chi connectivity index (χ0v) is 12.7. The molecule has 0 spiro atoms. The second kappa shape index (κ2) is 5.46. The van der Waals surface area contributed by atoms with Crippen LogP contribution in [-0.2, 0) is 6.54 Å². The highest BCUT2D eigenvalue weighted by atomic mass is 35.5. The van der Waals surface area contributed by atoms with E-state index in [4.69, 9.17) is 11.6 Å². The molecule has 2 saturated carbocycles. The van der Waals surface area contributed by atoms with Crippen molar-refractivity contribution in [2.75, 3.05) is 0 Å². The van der Waals surface area contributed by atoms with Crippen molar-refractivity contribution in [3.8, 4) is 0 Å². The summed E-state index contributed by atoms with van der Waals surface area (Å²) in [6.45, 7) is 5.35. The van der Waals surface area contributed by atoms with Crippen LogP contribution in [0.2, 0.25) is 5.02 Å². The summed E-state index contributed by atoms with van der Waals surface area (Å²) in [7, 11) is 0. The van der Waals surface area contributed by atoms with Gasteiger partial charge in [0.25, 0.3) is 0 Å². The Labute approximate surface area is 121 Å². The number of rotatable bonds is 4. The van der Waals surface area contributed by atoms with Crippen LogP contribution in [0.3, 0.4) is 0 Å². The summed E-state index contributed by atoms with van der Waals surface area (Å²) >= 11 is 6.18. The molecule has 4 atom stereocenters. The maximum absolute atomic E-state index is 6.18. The highest BCUT2D eigenvalue weighted by Crippen LogP contribution is 2.49. The average molecular weight is 278 g/mol. The third-order valence-corrected chi connectivity index (χ3v) is 5.71. The van der Waals surface area contributed by atoms with E-state index in [0.29, 0.717) is 6.04 Å². The quantitative estimate of drug-likeness (QED) is 0.850. The number of nitrogens with one attached hydrogen (secondary N) is 1. The summed E-state index contributed by atoms with van der Waals surface area (Å²) in [5.74, 6) is 2.93. The van der Waals surface area contributed by atoms with E-state index in [1.807, 2.05) is 0 Å². The van der Waals surface area contributed by atoms with Crippen LogP contribution in [0.25, 0.3) is 0 Å². The maximum Gasteiger partial charge on any atom is 0.0438 e. The van der Waals surface area contributed by atoms with Gasteiger partial charge in [-0.2, -0.15) is 0 Å². The number of aryl methyl sites for hydroxylation is 1. The van der Waals surface area contributed by atoms with Gasteiger partial charge in [-0.1, -0.05) is 30.2 Å². The molecule has 0 amide bonds. The molecule has 1 aromatic carbocycles. The van der Waals surface area contributed by atoms with Crippen LogP contribution in [-0.4, -0.2) is 6.04 Å². The Bertz CT molecular complexity index is 457. The summed E-state index contributed by atoms with van der Waals surface area (Å²) in [6.07, 6.45) is 5.90. The van der Waals surface area contributed by atoms with E-state index in [9.17, 15) is 0 Å². The van der Waals surface area contributed by atoms with E-state index < -0.39 is 0 Å². The third-order valence-electron chi connectivity index (χ3n) is 5.30. The van der Waals surface area contributed by atoms with Crippen LogP contribution in [0.4, 0.5) is 0 Å². The van der Waals surface area contributed by atoms with Crippen LogP contribution < -0.4 is 5.32 Å². The van der Waals surface area contributed by atoms with Crippen LogP contribution in [0.15, 0.2) is 18.2 Å². The molecule has 3 rings (SSSR count). The van der Waals surface area contributed by atoms with E-state index in [2.05, 4.69) is 37.4 Å². The fraction of sp³-hybridized carbons (Fsp3) is 0.647. The molecule has 0 aromatic heterocycles. The van der Waals surface area contributed by atoms with Gasteiger partial charge in [0.05, 0.1) is 0 Å². The van der Waals surface area contributed by atoms with Gasteiger partial charge in [-0.15, -0.1) is 0 Å². The third kappa shape index (κ3) is 2.83. The summed E-state index contributed by atoms with van der Waals surface area (Å²) in [5, 5.41) is 4.60. The highest BCUT2D eigenvalue weighted by molar-refractivity contribution is 6.31. The minimum absolute atomic E-state index is 0.635. The Morgan fingerprint density at radius 2 is 2.16 bits per heavy atom. The first-order valence-electron chi connectivity index (χ1n) is 7.62. The number of hydrogen-bond donors (Lipinski definition) is 1. The lowest BCUT2D eigenvalue weighted by Crippen LogP contribution is -2.35. The van der Waals surface area contributed by atoms with Crippen molar-refractivity contribution in [3.63, 3.8) is 0 Å². The van der Waals surface area contributed by atoms with Gasteiger partial charge < -0.3 is 5.32 Å². The Hall–Kier alpha value is -0.530. The molecule has 19 heavy (non-hydrogen) atoms. The smallest absolute Gasteiger partial charge is 0.0438 e. The van der Waals surface area contributed by atoms with Gasteiger partial charge in [0.1, 0.15) is 0 Å². The molecule has 2 fully saturated rings. The first kappa shape index (κ1) is 13.5. The van der Waals surface area contributed by atoms with Gasteiger partial charge >= 0.3 is 0 Å². The molecule has 2 heteroatoms. The molecule has 2 aliphatic carbocycles. The van der Waals surface area contributed by atoms with Crippen molar-refractivity contribution >= 4 is 11.6 Å². The van der Waals surface area contributed by atoms with Crippen molar-refractivity contribution in [1.29, 1.82) is 0 Å². The Morgan fingerprint density at radius 1 is 1.32 bits per heavy atom. The van der Waals surface area contributed by atoms with Gasteiger partial charge in [-0.25, -0.2) is 0 Å². The van der Waals surface area contributed by atoms with E-state index >= 15 is 0 Å². The van der Waals surface area contributed by atoms with Crippen molar-refractivity contribution in [2.24, 2.45) is 17.8 Å². The molecule has 0 heterocycles. The zero-order chi connectivity index (χ0) is 13.4. The van der Waals surface area contributed by atoms with Crippen LogP contribution in [0, 0.1) is 24.7 Å². The largest absolute Gasteiger partial charge is 0.310 e. The Morgan fingerprint density at radius 3 is 2.79 bits per heavy atom. The van der Waals surface area contributed by atoms with Gasteiger partial charge in [0.2, 0.25) is 0 Å². The molecular weight excluding hydrogens is 254 g/mol. The molecule has 2 aliphatic rings. The fourth-order valence-corrected chi connectivity index (χ4v) is 4.29. The molecule has 1 aromatic rings. The highest BCUT2D eigenvalue weighted by Gasteiger charge is 2.41.